The maximum Gasteiger partial charge on any atom is 0.377 e. The fourth-order valence-electron chi connectivity index (χ4n) is 0.788. The van der Waals surface area contributed by atoms with Crippen LogP contribution < -0.4 is 5.73 Å². The minimum Gasteiger partial charge on any atom is -0.463 e. The standard InChI is InChI=1S/C11H18N2O5/c1-4-9(12)13-18-8(11(15)17-6-3)7-10(14)16-5-2/h7H,4-6H2,1-3H3,(H2,12,13)/b8-7+. The van der Waals surface area contributed by atoms with Crippen molar-refractivity contribution < 1.29 is 23.9 Å². The summed E-state index contributed by atoms with van der Waals surface area (Å²) >= 11 is 0. The minimum atomic E-state index is -0.807. The molecule has 0 aromatic heterocycles. The highest BCUT2D eigenvalue weighted by Crippen LogP contribution is 2.03. The predicted octanol–water partition coefficient (Wildman–Crippen LogP) is 0.695. The Balaban J connectivity index is 4.82. The van der Waals surface area contributed by atoms with Gasteiger partial charge < -0.3 is 20.0 Å². The van der Waals surface area contributed by atoms with E-state index in [1.165, 1.54) is 0 Å². The molecule has 0 heterocycles. The van der Waals surface area contributed by atoms with Crippen LogP contribution in [0, 0.1) is 0 Å². The summed E-state index contributed by atoms with van der Waals surface area (Å²) in [6, 6.07) is 0. The Kier molecular flexibility index (Phi) is 8.00. The quantitative estimate of drug-likeness (QED) is 0.180. The second-order valence-electron chi connectivity index (χ2n) is 3.01. The van der Waals surface area contributed by atoms with Crippen molar-refractivity contribution in [2.45, 2.75) is 27.2 Å². The van der Waals surface area contributed by atoms with Gasteiger partial charge in [-0.25, -0.2) is 9.59 Å². The van der Waals surface area contributed by atoms with E-state index in [1.54, 1.807) is 20.8 Å². The van der Waals surface area contributed by atoms with Crippen LogP contribution in [0.4, 0.5) is 0 Å². The molecule has 0 bridgehead atoms. The summed E-state index contributed by atoms with van der Waals surface area (Å²) in [6.07, 6.45) is 1.32. The number of esters is 2. The van der Waals surface area contributed by atoms with Gasteiger partial charge in [-0.3, -0.25) is 0 Å². The van der Waals surface area contributed by atoms with E-state index in [0.717, 1.165) is 6.08 Å². The normalized spacial score (nSPS) is 11.9. The summed E-state index contributed by atoms with van der Waals surface area (Å²) < 4.78 is 9.35. The van der Waals surface area contributed by atoms with Crippen molar-refractivity contribution in [1.29, 1.82) is 0 Å². The third-order valence-corrected chi connectivity index (χ3v) is 1.64. The third-order valence-electron chi connectivity index (χ3n) is 1.64. The second kappa shape index (κ2) is 9.03. The highest BCUT2D eigenvalue weighted by atomic mass is 16.7. The topological polar surface area (TPSA) is 100 Å². The van der Waals surface area contributed by atoms with Crippen molar-refractivity contribution >= 4 is 17.8 Å². The van der Waals surface area contributed by atoms with Crippen molar-refractivity contribution in [1.82, 2.24) is 0 Å². The van der Waals surface area contributed by atoms with E-state index >= 15 is 0 Å². The molecule has 102 valence electrons. The molecule has 2 N–H and O–H groups in total. The molecule has 0 saturated carbocycles. The number of nitrogens with two attached hydrogens (primary N) is 1. The monoisotopic (exact) mass is 258 g/mol. The summed E-state index contributed by atoms with van der Waals surface area (Å²) in [4.78, 5) is 27.4. The molecule has 0 aromatic carbocycles. The lowest BCUT2D eigenvalue weighted by Crippen LogP contribution is -2.15. The van der Waals surface area contributed by atoms with Gasteiger partial charge in [-0.15, -0.1) is 0 Å². The highest BCUT2D eigenvalue weighted by Gasteiger charge is 2.16. The fraction of sp³-hybridized carbons (Fsp3) is 0.545. The maximum atomic E-state index is 11.5. The lowest BCUT2D eigenvalue weighted by Gasteiger charge is -2.05. The van der Waals surface area contributed by atoms with Crippen molar-refractivity contribution in [3.8, 4) is 0 Å². The van der Waals surface area contributed by atoms with Gasteiger partial charge in [0.05, 0.1) is 19.3 Å². The summed E-state index contributed by atoms with van der Waals surface area (Å²) in [7, 11) is 0. The third kappa shape index (κ3) is 6.51. The molecule has 18 heavy (non-hydrogen) atoms. The zero-order valence-electron chi connectivity index (χ0n) is 10.8. The number of hydrogen-bond acceptors (Lipinski definition) is 6. The Hall–Kier alpha value is -2.05. The number of amidine groups is 1. The fourth-order valence-corrected chi connectivity index (χ4v) is 0.788. The van der Waals surface area contributed by atoms with Crippen molar-refractivity contribution in [2.75, 3.05) is 13.2 Å². The van der Waals surface area contributed by atoms with E-state index in [9.17, 15) is 9.59 Å². The first kappa shape index (κ1) is 16.0. The number of oxime groups is 1. The molecule has 7 heteroatoms. The zero-order chi connectivity index (χ0) is 14.0. The first-order valence-electron chi connectivity index (χ1n) is 5.60. The van der Waals surface area contributed by atoms with E-state index in [-0.39, 0.29) is 24.8 Å². The molecule has 7 nitrogen and oxygen atoms in total. The number of carbonyl (C=O) groups excluding carboxylic acids is 2. The maximum absolute atomic E-state index is 11.5. The highest BCUT2D eigenvalue weighted by molar-refractivity contribution is 5.94. The SMILES string of the molecule is CCOC(=O)/C=C(/O/N=C(\N)CC)C(=O)OCC. The van der Waals surface area contributed by atoms with Gasteiger partial charge in [0.15, 0.2) is 0 Å². The average Bonchev–Trinajstić information content (AvgIpc) is 2.34. The Bertz CT molecular complexity index is 349. The minimum absolute atomic E-state index is 0.148. The first-order valence-corrected chi connectivity index (χ1v) is 5.60. The van der Waals surface area contributed by atoms with Gasteiger partial charge in [0.2, 0.25) is 5.76 Å². The van der Waals surface area contributed by atoms with Crippen LogP contribution in [-0.4, -0.2) is 31.0 Å². The van der Waals surface area contributed by atoms with Gasteiger partial charge in [0.1, 0.15) is 5.84 Å². The van der Waals surface area contributed by atoms with Gasteiger partial charge in [0, 0.05) is 6.42 Å². The van der Waals surface area contributed by atoms with Crippen LogP contribution in [0.25, 0.3) is 0 Å². The van der Waals surface area contributed by atoms with Crippen molar-refractivity contribution in [2.24, 2.45) is 10.9 Å². The molecule has 0 saturated heterocycles. The molecule has 0 fully saturated rings. The van der Waals surface area contributed by atoms with Crippen LogP contribution in [0.15, 0.2) is 17.0 Å². The molecule has 0 unspecified atom stereocenters. The Morgan fingerprint density at radius 1 is 1.17 bits per heavy atom. The summed E-state index contributed by atoms with van der Waals surface area (Å²) in [5.41, 5.74) is 5.41. The van der Waals surface area contributed by atoms with Gasteiger partial charge in [0.25, 0.3) is 0 Å². The lowest BCUT2D eigenvalue weighted by molar-refractivity contribution is -0.144. The summed E-state index contributed by atoms with van der Waals surface area (Å²) in [6.45, 7) is 5.37. The van der Waals surface area contributed by atoms with Crippen LogP contribution >= 0.6 is 0 Å². The van der Waals surface area contributed by atoms with Crippen LogP contribution in [0.2, 0.25) is 0 Å². The van der Waals surface area contributed by atoms with Crippen molar-refractivity contribution in [3.05, 3.63) is 11.8 Å². The molecule has 0 aromatic rings. The zero-order valence-corrected chi connectivity index (χ0v) is 10.8. The average molecular weight is 258 g/mol. The molecule has 0 aliphatic rings. The number of ether oxygens (including phenoxy) is 2. The largest absolute Gasteiger partial charge is 0.463 e. The predicted molar refractivity (Wildman–Crippen MR) is 64.3 cm³/mol. The smallest absolute Gasteiger partial charge is 0.377 e. The second-order valence-corrected chi connectivity index (χ2v) is 3.01. The van der Waals surface area contributed by atoms with Crippen LogP contribution in [-0.2, 0) is 23.9 Å². The number of nitrogens with zero attached hydrogens (tertiary/aromatic N) is 1. The van der Waals surface area contributed by atoms with Crippen LogP contribution in [0.1, 0.15) is 27.2 Å². The summed E-state index contributed by atoms with van der Waals surface area (Å²) in [5, 5.41) is 3.48. The van der Waals surface area contributed by atoms with Crippen LogP contribution in [0.3, 0.4) is 0 Å². The molecule has 0 radical (unpaired) electrons. The molecule has 0 aliphatic heterocycles. The lowest BCUT2D eigenvalue weighted by atomic mass is 10.4. The molecule has 0 spiro atoms. The van der Waals surface area contributed by atoms with E-state index in [0.29, 0.717) is 6.42 Å². The Labute approximate surface area is 106 Å². The van der Waals surface area contributed by atoms with Crippen molar-refractivity contribution in [3.63, 3.8) is 0 Å². The van der Waals surface area contributed by atoms with E-state index < -0.39 is 11.9 Å². The summed E-state index contributed by atoms with van der Waals surface area (Å²) in [5.74, 6) is -1.70. The molecular weight excluding hydrogens is 240 g/mol. The van der Waals surface area contributed by atoms with Gasteiger partial charge in [-0.05, 0) is 13.8 Å². The molecule has 0 amide bonds. The van der Waals surface area contributed by atoms with Gasteiger partial charge >= 0.3 is 11.9 Å². The van der Waals surface area contributed by atoms with Gasteiger partial charge in [-0.1, -0.05) is 12.1 Å². The number of rotatable bonds is 7. The Morgan fingerprint density at radius 2 is 1.78 bits per heavy atom. The van der Waals surface area contributed by atoms with E-state index in [2.05, 4.69) is 9.89 Å². The number of carbonyl (C=O) groups is 2. The molecule has 0 rings (SSSR count). The molecular formula is C11H18N2O5. The number of hydrogen-bond donors (Lipinski definition) is 1. The molecule has 0 atom stereocenters. The van der Waals surface area contributed by atoms with E-state index in [1.807, 2.05) is 0 Å². The molecule has 0 aliphatic carbocycles. The van der Waals surface area contributed by atoms with Crippen LogP contribution in [0.5, 0.6) is 0 Å². The first-order chi connectivity index (χ1) is 8.54. The van der Waals surface area contributed by atoms with Gasteiger partial charge in [-0.2, -0.15) is 0 Å². The Morgan fingerprint density at radius 3 is 2.28 bits per heavy atom. The van der Waals surface area contributed by atoms with E-state index in [4.69, 9.17) is 15.3 Å².